The van der Waals surface area contributed by atoms with Crippen molar-refractivity contribution in [3.8, 4) is 0 Å². The zero-order chi connectivity index (χ0) is 13.1. The number of carboxylic acids is 1. The molecule has 1 saturated heterocycles. The molecule has 1 amide bonds. The van der Waals surface area contributed by atoms with Crippen LogP contribution in [0.1, 0.15) is 12.0 Å². The van der Waals surface area contributed by atoms with E-state index in [1.54, 1.807) is 4.90 Å². The van der Waals surface area contributed by atoms with Crippen molar-refractivity contribution in [3.05, 3.63) is 34.3 Å². The molecule has 0 aliphatic carbocycles. The van der Waals surface area contributed by atoms with Crippen LogP contribution < -0.4 is 0 Å². The number of aliphatic carboxylic acids is 1. The van der Waals surface area contributed by atoms with E-state index in [0.29, 0.717) is 13.1 Å². The Morgan fingerprint density at radius 2 is 2.17 bits per heavy atom. The Morgan fingerprint density at radius 1 is 1.44 bits per heavy atom. The highest BCUT2D eigenvalue weighted by Gasteiger charge is 2.33. The molecular formula is C13H14BrNO3. The summed E-state index contributed by atoms with van der Waals surface area (Å²) < 4.78 is 1.02. The molecular weight excluding hydrogens is 298 g/mol. The van der Waals surface area contributed by atoms with E-state index in [0.717, 1.165) is 16.5 Å². The van der Waals surface area contributed by atoms with Crippen molar-refractivity contribution in [1.82, 2.24) is 4.90 Å². The molecule has 1 unspecified atom stereocenters. The van der Waals surface area contributed by atoms with E-state index in [-0.39, 0.29) is 12.3 Å². The molecule has 1 aliphatic heterocycles. The standard InChI is InChI=1S/C13H14BrNO3/c14-11-4-2-1-3-9(11)5-6-15-8-10(13(17)18)7-12(15)16/h1-4,10H,5-8H2,(H,17,18). The third-order valence-electron chi connectivity index (χ3n) is 3.17. The first-order valence-electron chi connectivity index (χ1n) is 5.82. The molecule has 18 heavy (non-hydrogen) atoms. The van der Waals surface area contributed by atoms with E-state index in [1.165, 1.54) is 0 Å². The van der Waals surface area contributed by atoms with Gasteiger partial charge >= 0.3 is 5.97 Å². The number of benzene rings is 1. The van der Waals surface area contributed by atoms with E-state index in [2.05, 4.69) is 15.9 Å². The molecule has 1 atom stereocenters. The van der Waals surface area contributed by atoms with Crippen LogP contribution in [0.25, 0.3) is 0 Å². The van der Waals surface area contributed by atoms with Crippen LogP contribution in [-0.2, 0) is 16.0 Å². The predicted octanol–water partition coefficient (Wildman–Crippen LogP) is 1.92. The van der Waals surface area contributed by atoms with E-state index >= 15 is 0 Å². The molecule has 0 aromatic heterocycles. The molecule has 0 saturated carbocycles. The van der Waals surface area contributed by atoms with Crippen LogP contribution in [0.15, 0.2) is 28.7 Å². The maximum absolute atomic E-state index is 11.6. The lowest BCUT2D eigenvalue weighted by atomic mass is 10.1. The summed E-state index contributed by atoms with van der Waals surface area (Å²) >= 11 is 3.46. The minimum atomic E-state index is -0.883. The third kappa shape index (κ3) is 2.90. The lowest BCUT2D eigenvalue weighted by Gasteiger charge is -2.16. The zero-order valence-corrected chi connectivity index (χ0v) is 11.4. The van der Waals surface area contributed by atoms with Crippen molar-refractivity contribution in [2.24, 2.45) is 5.92 Å². The average molecular weight is 312 g/mol. The molecule has 1 aliphatic rings. The second kappa shape index (κ2) is 5.52. The van der Waals surface area contributed by atoms with Crippen molar-refractivity contribution in [2.75, 3.05) is 13.1 Å². The molecule has 1 aromatic carbocycles. The quantitative estimate of drug-likeness (QED) is 0.924. The van der Waals surface area contributed by atoms with Crippen LogP contribution in [0.4, 0.5) is 0 Å². The molecule has 2 rings (SSSR count). The van der Waals surface area contributed by atoms with Crippen molar-refractivity contribution in [2.45, 2.75) is 12.8 Å². The number of carbonyl (C=O) groups is 2. The summed E-state index contributed by atoms with van der Waals surface area (Å²) in [5.41, 5.74) is 1.13. The number of amides is 1. The maximum Gasteiger partial charge on any atom is 0.308 e. The Balaban J connectivity index is 1.93. The minimum absolute atomic E-state index is 0.0607. The van der Waals surface area contributed by atoms with Crippen molar-refractivity contribution < 1.29 is 14.7 Å². The second-order valence-corrected chi connectivity index (χ2v) is 5.27. The second-order valence-electron chi connectivity index (χ2n) is 4.42. The lowest BCUT2D eigenvalue weighted by Crippen LogP contribution is -2.28. The van der Waals surface area contributed by atoms with Crippen LogP contribution in [0, 0.1) is 5.92 Å². The fourth-order valence-electron chi connectivity index (χ4n) is 2.11. The summed E-state index contributed by atoms with van der Waals surface area (Å²) in [6.45, 7) is 0.907. The van der Waals surface area contributed by atoms with E-state index in [9.17, 15) is 9.59 Å². The number of halogens is 1. The van der Waals surface area contributed by atoms with Gasteiger partial charge in [-0.25, -0.2) is 0 Å². The fourth-order valence-corrected chi connectivity index (χ4v) is 2.59. The molecule has 1 aromatic rings. The van der Waals surface area contributed by atoms with Crippen LogP contribution in [0.2, 0.25) is 0 Å². The Morgan fingerprint density at radius 3 is 2.78 bits per heavy atom. The lowest BCUT2D eigenvalue weighted by molar-refractivity contribution is -0.141. The summed E-state index contributed by atoms with van der Waals surface area (Å²) in [5.74, 6) is -1.49. The molecule has 1 N–H and O–H groups in total. The first kappa shape index (κ1) is 13.1. The van der Waals surface area contributed by atoms with Gasteiger partial charge < -0.3 is 10.0 Å². The SMILES string of the molecule is O=C(O)C1CC(=O)N(CCc2ccccc2Br)C1. The number of likely N-dealkylation sites (tertiary alicyclic amines) is 1. The van der Waals surface area contributed by atoms with Crippen molar-refractivity contribution in [3.63, 3.8) is 0 Å². The van der Waals surface area contributed by atoms with Gasteiger partial charge in [-0.05, 0) is 18.1 Å². The van der Waals surface area contributed by atoms with Crippen LogP contribution >= 0.6 is 15.9 Å². The largest absolute Gasteiger partial charge is 0.481 e. The van der Waals surface area contributed by atoms with Gasteiger partial charge in [-0.15, -0.1) is 0 Å². The molecule has 0 radical (unpaired) electrons. The van der Waals surface area contributed by atoms with Crippen LogP contribution in [0.3, 0.4) is 0 Å². The zero-order valence-electron chi connectivity index (χ0n) is 9.80. The summed E-state index contributed by atoms with van der Waals surface area (Å²) in [6.07, 6.45) is 0.866. The third-order valence-corrected chi connectivity index (χ3v) is 3.95. The van der Waals surface area contributed by atoms with Gasteiger partial charge in [-0.2, -0.15) is 0 Å². The van der Waals surface area contributed by atoms with Gasteiger partial charge in [0.1, 0.15) is 0 Å². The van der Waals surface area contributed by atoms with E-state index in [1.807, 2.05) is 24.3 Å². The highest BCUT2D eigenvalue weighted by molar-refractivity contribution is 9.10. The summed E-state index contributed by atoms with van der Waals surface area (Å²) in [6, 6.07) is 7.85. The molecule has 96 valence electrons. The number of hydrogen-bond donors (Lipinski definition) is 1. The van der Waals surface area contributed by atoms with E-state index in [4.69, 9.17) is 5.11 Å². The molecule has 1 fully saturated rings. The number of hydrogen-bond acceptors (Lipinski definition) is 2. The summed E-state index contributed by atoms with van der Waals surface area (Å²) in [4.78, 5) is 24.1. The number of rotatable bonds is 4. The number of carbonyl (C=O) groups excluding carboxylic acids is 1. The van der Waals surface area contributed by atoms with Gasteiger partial charge in [-0.3, -0.25) is 9.59 Å². The minimum Gasteiger partial charge on any atom is -0.481 e. The Bertz CT molecular complexity index is 475. The van der Waals surface area contributed by atoms with Crippen LogP contribution in [0.5, 0.6) is 0 Å². The first-order valence-corrected chi connectivity index (χ1v) is 6.61. The number of nitrogens with zero attached hydrogens (tertiary/aromatic N) is 1. The van der Waals surface area contributed by atoms with Gasteiger partial charge in [-0.1, -0.05) is 34.1 Å². The Hall–Kier alpha value is -1.36. The van der Waals surface area contributed by atoms with Crippen molar-refractivity contribution >= 4 is 27.8 Å². The predicted molar refractivity (Wildman–Crippen MR) is 70.2 cm³/mol. The summed E-state index contributed by atoms with van der Waals surface area (Å²) in [5, 5.41) is 8.89. The van der Waals surface area contributed by atoms with Crippen LogP contribution in [-0.4, -0.2) is 35.0 Å². The average Bonchev–Trinajstić information content (AvgIpc) is 2.70. The molecule has 1 heterocycles. The van der Waals surface area contributed by atoms with Crippen molar-refractivity contribution in [1.29, 1.82) is 0 Å². The van der Waals surface area contributed by atoms with Gasteiger partial charge in [0.25, 0.3) is 0 Å². The van der Waals surface area contributed by atoms with Gasteiger partial charge in [0.05, 0.1) is 5.92 Å². The fraction of sp³-hybridized carbons (Fsp3) is 0.385. The first-order chi connectivity index (χ1) is 8.58. The maximum atomic E-state index is 11.6. The molecule has 0 spiro atoms. The smallest absolute Gasteiger partial charge is 0.308 e. The van der Waals surface area contributed by atoms with Gasteiger partial charge in [0, 0.05) is 24.0 Å². The molecule has 5 heteroatoms. The Kier molecular flexibility index (Phi) is 4.01. The van der Waals surface area contributed by atoms with Gasteiger partial charge in [0.15, 0.2) is 0 Å². The number of carboxylic acid groups (broad SMARTS) is 1. The molecule has 0 bridgehead atoms. The van der Waals surface area contributed by atoms with Gasteiger partial charge in [0.2, 0.25) is 5.91 Å². The normalized spacial score (nSPS) is 19.3. The highest BCUT2D eigenvalue weighted by Crippen LogP contribution is 2.20. The van der Waals surface area contributed by atoms with E-state index < -0.39 is 11.9 Å². The monoisotopic (exact) mass is 311 g/mol. The summed E-state index contributed by atoms with van der Waals surface area (Å²) in [7, 11) is 0. The topological polar surface area (TPSA) is 57.6 Å². The highest BCUT2D eigenvalue weighted by atomic mass is 79.9. The Labute approximate surface area is 114 Å². The molecule has 4 nitrogen and oxygen atoms in total.